The molecule has 3 aliphatic rings. The van der Waals surface area contributed by atoms with Crippen LogP contribution in [0.4, 0.5) is 5.95 Å². The van der Waals surface area contributed by atoms with Crippen LogP contribution in [0.1, 0.15) is 51.9 Å². The van der Waals surface area contributed by atoms with Crippen molar-refractivity contribution in [1.29, 1.82) is 0 Å². The molecule has 7 nitrogen and oxygen atoms in total. The van der Waals surface area contributed by atoms with Gasteiger partial charge in [0, 0.05) is 39.4 Å². The van der Waals surface area contributed by atoms with Crippen LogP contribution in [0.2, 0.25) is 5.02 Å². The molecule has 0 aromatic carbocycles. The smallest absolute Gasteiger partial charge is 0.225 e. The molecule has 3 heterocycles. The minimum absolute atomic E-state index is 0.269. The molecule has 2 atom stereocenters. The number of sulfonamides is 1. The first kappa shape index (κ1) is 24.2. The molecule has 0 bridgehead atoms. The molecule has 0 radical (unpaired) electrons. The van der Waals surface area contributed by atoms with Gasteiger partial charge in [-0.15, -0.1) is 0 Å². The van der Waals surface area contributed by atoms with Gasteiger partial charge in [-0.1, -0.05) is 18.5 Å². The summed E-state index contributed by atoms with van der Waals surface area (Å²) in [5.74, 6) is 4.06. The summed E-state index contributed by atoms with van der Waals surface area (Å²) in [5.41, 5.74) is 0. The van der Waals surface area contributed by atoms with Gasteiger partial charge in [0.1, 0.15) is 0 Å². The lowest BCUT2D eigenvalue weighted by atomic mass is 9.90. The molecular formula is C23H37ClN4O3S. The minimum Gasteiger partial charge on any atom is -0.381 e. The Morgan fingerprint density at radius 1 is 1.09 bits per heavy atom. The lowest BCUT2D eigenvalue weighted by Crippen LogP contribution is -2.40. The van der Waals surface area contributed by atoms with E-state index in [0.29, 0.717) is 30.5 Å². The molecule has 1 aliphatic carbocycles. The normalized spacial score (nSPS) is 25.9. The second-order valence-electron chi connectivity index (χ2n) is 9.71. The quantitative estimate of drug-likeness (QED) is 0.469. The van der Waals surface area contributed by atoms with E-state index in [1.165, 1.54) is 19.3 Å². The standard InChI is InChI=1S/C23H37ClN4O3S/c1-2-13-32(29,30)28-10-3-18(4-11-28)17-31-12-7-20-14-22(20)19-5-8-27(9-6-19)23-25-15-21(24)16-26-23/h15-16,18-20,22H,2-14,17H2,1H3. The third-order valence-electron chi connectivity index (χ3n) is 7.43. The van der Waals surface area contributed by atoms with Gasteiger partial charge in [0.25, 0.3) is 0 Å². The van der Waals surface area contributed by atoms with Crippen molar-refractivity contribution in [2.75, 3.05) is 50.0 Å². The van der Waals surface area contributed by atoms with Crippen LogP contribution in [0.5, 0.6) is 0 Å². The average Bonchev–Trinajstić information content (AvgIpc) is 3.57. The topological polar surface area (TPSA) is 75.6 Å². The van der Waals surface area contributed by atoms with Crippen LogP contribution in [0, 0.1) is 23.7 Å². The van der Waals surface area contributed by atoms with E-state index in [1.807, 2.05) is 6.92 Å². The van der Waals surface area contributed by atoms with E-state index in [0.717, 1.165) is 69.3 Å². The lowest BCUT2D eigenvalue weighted by molar-refractivity contribution is 0.0745. The van der Waals surface area contributed by atoms with Crippen LogP contribution in [0.25, 0.3) is 0 Å². The Bertz CT molecular complexity index is 822. The maximum atomic E-state index is 12.2. The number of ether oxygens (including phenoxy) is 1. The molecule has 2 aliphatic heterocycles. The molecule has 1 aromatic rings. The largest absolute Gasteiger partial charge is 0.381 e. The predicted octanol–water partition coefficient (Wildman–Crippen LogP) is 3.84. The molecule has 1 saturated carbocycles. The molecule has 2 unspecified atom stereocenters. The van der Waals surface area contributed by atoms with Crippen LogP contribution < -0.4 is 4.90 Å². The van der Waals surface area contributed by atoms with Gasteiger partial charge in [-0.3, -0.25) is 0 Å². The van der Waals surface area contributed by atoms with E-state index in [-0.39, 0.29) is 5.75 Å². The monoisotopic (exact) mass is 484 g/mol. The third kappa shape index (κ3) is 6.33. The van der Waals surface area contributed by atoms with Gasteiger partial charge in [0.05, 0.1) is 23.2 Å². The van der Waals surface area contributed by atoms with Crippen molar-refractivity contribution in [3.63, 3.8) is 0 Å². The van der Waals surface area contributed by atoms with E-state index in [9.17, 15) is 8.42 Å². The van der Waals surface area contributed by atoms with E-state index in [4.69, 9.17) is 16.3 Å². The number of piperidine rings is 2. The predicted molar refractivity (Wildman–Crippen MR) is 127 cm³/mol. The Balaban J connectivity index is 1.07. The van der Waals surface area contributed by atoms with Gasteiger partial charge in [-0.2, -0.15) is 0 Å². The molecular weight excluding hydrogens is 448 g/mol. The third-order valence-corrected chi connectivity index (χ3v) is 9.70. The van der Waals surface area contributed by atoms with Crippen molar-refractivity contribution in [3.05, 3.63) is 17.4 Å². The highest BCUT2D eigenvalue weighted by atomic mass is 35.5. The fourth-order valence-electron chi connectivity index (χ4n) is 5.40. The average molecular weight is 485 g/mol. The van der Waals surface area contributed by atoms with Crippen molar-refractivity contribution in [1.82, 2.24) is 14.3 Å². The number of rotatable bonds is 10. The van der Waals surface area contributed by atoms with Gasteiger partial charge < -0.3 is 9.64 Å². The summed E-state index contributed by atoms with van der Waals surface area (Å²) in [6.45, 7) is 6.90. The molecule has 3 fully saturated rings. The van der Waals surface area contributed by atoms with Crippen molar-refractivity contribution in [2.24, 2.45) is 23.7 Å². The first-order chi connectivity index (χ1) is 15.5. The lowest BCUT2D eigenvalue weighted by Gasteiger charge is -2.32. The van der Waals surface area contributed by atoms with Crippen LogP contribution in [0.3, 0.4) is 0 Å². The van der Waals surface area contributed by atoms with E-state index in [1.54, 1.807) is 16.7 Å². The molecule has 2 saturated heterocycles. The highest BCUT2D eigenvalue weighted by molar-refractivity contribution is 7.89. The van der Waals surface area contributed by atoms with Crippen molar-refractivity contribution in [3.8, 4) is 0 Å². The van der Waals surface area contributed by atoms with Crippen LogP contribution in [-0.4, -0.2) is 67.8 Å². The molecule has 0 spiro atoms. The molecule has 9 heteroatoms. The summed E-state index contributed by atoms with van der Waals surface area (Å²) in [5, 5.41) is 0.581. The molecule has 4 rings (SSSR count). The fourth-order valence-corrected chi connectivity index (χ4v) is 7.04. The number of nitrogens with zero attached hydrogens (tertiary/aromatic N) is 4. The molecule has 0 amide bonds. The molecule has 0 N–H and O–H groups in total. The van der Waals surface area contributed by atoms with Gasteiger partial charge >= 0.3 is 0 Å². The van der Waals surface area contributed by atoms with Gasteiger partial charge in [0.15, 0.2) is 0 Å². The number of aromatic nitrogens is 2. The van der Waals surface area contributed by atoms with Crippen molar-refractivity contribution in [2.45, 2.75) is 51.9 Å². The number of halogens is 1. The molecule has 180 valence electrons. The summed E-state index contributed by atoms with van der Waals surface area (Å²) in [7, 11) is -3.05. The second kappa shape index (κ2) is 11.0. The Hall–Kier alpha value is -0.960. The fraction of sp³-hybridized carbons (Fsp3) is 0.826. The maximum absolute atomic E-state index is 12.2. The highest BCUT2D eigenvalue weighted by Crippen LogP contribution is 2.49. The molecule has 1 aromatic heterocycles. The summed E-state index contributed by atoms with van der Waals surface area (Å²) >= 11 is 5.89. The SMILES string of the molecule is CCCS(=O)(=O)N1CCC(COCCC2CC2C2CCN(c3ncc(Cl)cn3)CC2)CC1. The van der Waals surface area contributed by atoms with Gasteiger partial charge in [-0.05, 0) is 68.6 Å². The highest BCUT2D eigenvalue weighted by Gasteiger charge is 2.43. The zero-order valence-electron chi connectivity index (χ0n) is 19.2. The summed E-state index contributed by atoms with van der Waals surface area (Å²) < 4.78 is 32.0. The van der Waals surface area contributed by atoms with Gasteiger partial charge in [0.2, 0.25) is 16.0 Å². The van der Waals surface area contributed by atoms with Crippen molar-refractivity contribution < 1.29 is 13.2 Å². The zero-order valence-corrected chi connectivity index (χ0v) is 20.7. The number of anilines is 1. The van der Waals surface area contributed by atoms with Gasteiger partial charge in [-0.25, -0.2) is 22.7 Å². The van der Waals surface area contributed by atoms with E-state index >= 15 is 0 Å². The van der Waals surface area contributed by atoms with Crippen molar-refractivity contribution >= 4 is 27.6 Å². The minimum atomic E-state index is -3.05. The molecule has 32 heavy (non-hydrogen) atoms. The van der Waals surface area contributed by atoms with E-state index in [2.05, 4.69) is 14.9 Å². The Morgan fingerprint density at radius 2 is 1.78 bits per heavy atom. The zero-order chi connectivity index (χ0) is 22.6. The summed E-state index contributed by atoms with van der Waals surface area (Å²) in [4.78, 5) is 11.0. The maximum Gasteiger partial charge on any atom is 0.225 e. The number of hydrogen-bond donors (Lipinski definition) is 0. The summed E-state index contributed by atoms with van der Waals surface area (Å²) in [6.07, 6.45) is 10.8. The second-order valence-corrected chi connectivity index (χ2v) is 12.2. The van der Waals surface area contributed by atoms with Crippen LogP contribution >= 0.6 is 11.6 Å². The Labute approximate surface area is 197 Å². The van der Waals surface area contributed by atoms with Crippen LogP contribution in [-0.2, 0) is 14.8 Å². The summed E-state index contributed by atoms with van der Waals surface area (Å²) in [6, 6.07) is 0. The van der Waals surface area contributed by atoms with E-state index < -0.39 is 10.0 Å². The Kier molecular flexibility index (Phi) is 8.29. The first-order valence-corrected chi connectivity index (χ1v) is 14.2. The first-order valence-electron chi connectivity index (χ1n) is 12.2. The number of hydrogen-bond acceptors (Lipinski definition) is 6. The Morgan fingerprint density at radius 3 is 2.44 bits per heavy atom. The van der Waals surface area contributed by atoms with Crippen LogP contribution in [0.15, 0.2) is 12.4 Å².